The van der Waals surface area contributed by atoms with Crippen LogP contribution in [0.5, 0.6) is 0 Å². The second-order valence-electron chi connectivity index (χ2n) is 6.04. The van der Waals surface area contributed by atoms with Crippen LogP contribution in [0.3, 0.4) is 0 Å². The van der Waals surface area contributed by atoms with Gasteiger partial charge < -0.3 is 10.0 Å². The molecular formula is C18H17Br2NO3S. The summed E-state index contributed by atoms with van der Waals surface area (Å²) < 4.78 is 1.61. The van der Waals surface area contributed by atoms with Gasteiger partial charge in [0.05, 0.1) is 20.8 Å². The van der Waals surface area contributed by atoms with Crippen molar-refractivity contribution in [3.05, 3.63) is 49.0 Å². The Hall–Kier alpha value is -1.02. The number of halogens is 2. The minimum Gasteiger partial charge on any atom is -0.375 e. The normalized spacial score (nSPS) is 19.4. The molecule has 1 aromatic carbocycles. The Labute approximate surface area is 167 Å². The van der Waals surface area contributed by atoms with E-state index in [9.17, 15) is 14.7 Å². The minimum atomic E-state index is -1.82. The van der Waals surface area contributed by atoms with Gasteiger partial charge in [-0.15, -0.1) is 11.3 Å². The van der Waals surface area contributed by atoms with Crippen molar-refractivity contribution >= 4 is 60.6 Å². The molecule has 0 aliphatic carbocycles. The predicted octanol–water partition coefficient (Wildman–Crippen LogP) is 4.88. The molecule has 1 amide bonds. The Morgan fingerprint density at radius 2 is 2.04 bits per heavy atom. The topological polar surface area (TPSA) is 57.6 Å². The van der Waals surface area contributed by atoms with Gasteiger partial charge in [-0.3, -0.25) is 9.59 Å². The second-order valence-corrected chi connectivity index (χ2v) is 9.41. The molecule has 1 aliphatic rings. The summed E-state index contributed by atoms with van der Waals surface area (Å²) in [6, 6.07) is 8.88. The Morgan fingerprint density at radius 1 is 1.28 bits per heavy atom. The van der Waals surface area contributed by atoms with Crippen LogP contribution in [0, 0.1) is 0 Å². The molecule has 0 saturated heterocycles. The zero-order chi connectivity index (χ0) is 18.2. The molecule has 1 atom stereocenters. The molecule has 0 fully saturated rings. The van der Waals surface area contributed by atoms with E-state index in [4.69, 9.17) is 0 Å². The molecule has 2 heterocycles. The number of nitrogens with zero attached hydrogens (tertiary/aromatic N) is 1. The number of anilines is 1. The van der Waals surface area contributed by atoms with E-state index < -0.39 is 11.5 Å². The third kappa shape index (κ3) is 3.47. The number of carbonyl (C=O) groups is 2. The number of hydrogen-bond donors (Lipinski definition) is 1. The van der Waals surface area contributed by atoms with Gasteiger partial charge in [-0.25, -0.2) is 0 Å². The van der Waals surface area contributed by atoms with E-state index in [0.717, 1.165) is 21.1 Å². The van der Waals surface area contributed by atoms with E-state index in [1.807, 2.05) is 19.1 Å². The lowest BCUT2D eigenvalue weighted by Crippen LogP contribution is -2.42. The molecule has 0 saturated carbocycles. The predicted molar refractivity (Wildman–Crippen MR) is 106 cm³/mol. The first-order chi connectivity index (χ1) is 11.9. The van der Waals surface area contributed by atoms with Crippen LogP contribution in [-0.4, -0.2) is 23.3 Å². The molecule has 7 heteroatoms. The van der Waals surface area contributed by atoms with Gasteiger partial charge in [-0.2, -0.15) is 0 Å². The minimum absolute atomic E-state index is 0.241. The van der Waals surface area contributed by atoms with Crippen LogP contribution in [0.25, 0.3) is 0 Å². The fourth-order valence-corrected chi connectivity index (χ4v) is 4.70. The molecule has 132 valence electrons. The van der Waals surface area contributed by atoms with Gasteiger partial charge in [0.2, 0.25) is 0 Å². The molecule has 1 N–H and O–H groups in total. The molecule has 4 nitrogen and oxygen atoms in total. The number of benzene rings is 1. The summed E-state index contributed by atoms with van der Waals surface area (Å²) in [5, 5.41) is 11.2. The third-order valence-electron chi connectivity index (χ3n) is 4.29. The lowest BCUT2D eigenvalue weighted by atomic mass is 9.89. The highest BCUT2D eigenvalue weighted by atomic mass is 79.9. The van der Waals surface area contributed by atoms with Crippen LogP contribution in [0.2, 0.25) is 0 Å². The number of amides is 1. The number of rotatable bonds is 6. The number of fused-ring (bicyclic) bond motifs is 1. The highest BCUT2D eigenvalue weighted by Crippen LogP contribution is 2.44. The standard InChI is InChI=1S/C18H17Br2NO3S/c1-2-3-8-21-13-5-4-11(19)9-12(13)18(24,17(21)23)10-14(22)15-6-7-16(20)25-15/h4-7,9,24H,2-3,8,10H2,1H3/t18-/m1/s1. The maximum absolute atomic E-state index is 13.0. The van der Waals surface area contributed by atoms with Gasteiger partial charge in [-0.05, 0) is 52.7 Å². The highest BCUT2D eigenvalue weighted by Gasteiger charge is 2.50. The van der Waals surface area contributed by atoms with Gasteiger partial charge in [-0.1, -0.05) is 29.3 Å². The van der Waals surface area contributed by atoms with Crippen molar-refractivity contribution in [3.63, 3.8) is 0 Å². The van der Waals surface area contributed by atoms with Crippen molar-refractivity contribution in [1.29, 1.82) is 0 Å². The van der Waals surface area contributed by atoms with Gasteiger partial charge in [0.25, 0.3) is 5.91 Å². The van der Waals surface area contributed by atoms with E-state index in [-0.39, 0.29) is 12.2 Å². The summed E-state index contributed by atoms with van der Waals surface area (Å²) >= 11 is 8.03. The number of thiophene rings is 1. The molecular weight excluding hydrogens is 470 g/mol. The highest BCUT2D eigenvalue weighted by molar-refractivity contribution is 9.11. The number of unbranched alkanes of at least 4 members (excludes halogenated alkanes) is 1. The van der Waals surface area contributed by atoms with Gasteiger partial charge in [0.15, 0.2) is 11.4 Å². The lowest BCUT2D eigenvalue weighted by molar-refractivity contribution is -0.135. The fraction of sp³-hybridized carbons (Fsp3) is 0.333. The number of carbonyl (C=O) groups excluding carboxylic acids is 2. The summed E-state index contributed by atoms with van der Waals surface area (Å²) in [5.74, 6) is -0.659. The fourth-order valence-electron chi connectivity index (χ4n) is 3.02. The third-order valence-corrected chi connectivity index (χ3v) is 6.45. The Balaban J connectivity index is 1.98. The smallest absolute Gasteiger partial charge is 0.264 e. The van der Waals surface area contributed by atoms with Gasteiger partial charge >= 0.3 is 0 Å². The number of aliphatic hydroxyl groups is 1. The van der Waals surface area contributed by atoms with Crippen molar-refractivity contribution in [2.75, 3.05) is 11.4 Å². The first-order valence-electron chi connectivity index (χ1n) is 7.99. The zero-order valence-electron chi connectivity index (χ0n) is 13.6. The molecule has 1 aromatic heterocycles. The maximum Gasteiger partial charge on any atom is 0.264 e. The van der Waals surface area contributed by atoms with Gasteiger partial charge in [0.1, 0.15) is 0 Å². The molecule has 0 bridgehead atoms. The van der Waals surface area contributed by atoms with E-state index in [2.05, 4.69) is 31.9 Å². The van der Waals surface area contributed by atoms with Crippen LogP contribution < -0.4 is 4.90 Å². The summed E-state index contributed by atoms with van der Waals surface area (Å²) in [6.07, 6.45) is 1.52. The van der Waals surface area contributed by atoms with E-state index in [1.165, 1.54) is 11.3 Å². The van der Waals surface area contributed by atoms with Crippen molar-refractivity contribution in [1.82, 2.24) is 0 Å². The summed E-state index contributed by atoms with van der Waals surface area (Å²) in [7, 11) is 0. The van der Waals surface area contributed by atoms with Crippen LogP contribution in [0.15, 0.2) is 38.6 Å². The van der Waals surface area contributed by atoms with Crippen LogP contribution in [0.4, 0.5) is 5.69 Å². The molecule has 0 spiro atoms. The first kappa shape index (κ1) is 18.8. The Bertz CT molecular complexity index is 835. The monoisotopic (exact) mass is 485 g/mol. The SMILES string of the molecule is CCCCN1C(=O)[C@@](O)(CC(=O)c2ccc(Br)s2)c2cc(Br)ccc21. The number of ketones is 1. The van der Waals surface area contributed by atoms with E-state index >= 15 is 0 Å². The molecule has 0 radical (unpaired) electrons. The average Bonchev–Trinajstić information content (AvgIpc) is 3.09. The Kier molecular flexibility index (Phi) is 5.48. The van der Waals surface area contributed by atoms with Crippen molar-refractivity contribution in [2.45, 2.75) is 31.8 Å². The first-order valence-corrected chi connectivity index (χ1v) is 10.4. The maximum atomic E-state index is 13.0. The van der Waals surface area contributed by atoms with E-state index in [1.54, 1.807) is 23.1 Å². The lowest BCUT2D eigenvalue weighted by Gasteiger charge is -2.22. The van der Waals surface area contributed by atoms with Crippen molar-refractivity contribution in [2.24, 2.45) is 0 Å². The Morgan fingerprint density at radius 3 is 2.68 bits per heavy atom. The van der Waals surface area contributed by atoms with Crippen LogP contribution in [-0.2, 0) is 10.4 Å². The molecule has 0 unspecified atom stereocenters. The molecule has 2 aromatic rings. The zero-order valence-corrected chi connectivity index (χ0v) is 17.6. The van der Waals surface area contributed by atoms with E-state index in [0.29, 0.717) is 22.7 Å². The summed E-state index contributed by atoms with van der Waals surface area (Å²) in [6.45, 7) is 2.58. The molecule has 3 rings (SSSR count). The van der Waals surface area contributed by atoms with Crippen molar-refractivity contribution in [3.8, 4) is 0 Å². The molecule has 1 aliphatic heterocycles. The summed E-state index contributed by atoms with van der Waals surface area (Å²) in [5.41, 5.74) is -0.642. The largest absolute Gasteiger partial charge is 0.375 e. The second kappa shape index (κ2) is 7.31. The van der Waals surface area contributed by atoms with Crippen LogP contribution in [0.1, 0.15) is 41.4 Å². The van der Waals surface area contributed by atoms with Gasteiger partial charge in [0, 0.05) is 16.6 Å². The number of hydrogen-bond acceptors (Lipinski definition) is 4. The summed E-state index contributed by atoms with van der Waals surface area (Å²) in [4.78, 5) is 27.7. The van der Waals surface area contributed by atoms with Crippen molar-refractivity contribution < 1.29 is 14.7 Å². The quantitative estimate of drug-likeness (QED) is 0.592. The average molecular weight is 487 g/mol. The number of Topliss-reactive ketones (excluding diaryl/α,β-unsaturated/α-hetero) is 1. The molecule has 25 heavy (non-hydrogen) atoms. The van der Waals surface area contributed by atoms with Crippen LogP contribution >= 0.6 is 43.2 Å².